The summed E-state index contributed by atoms with van der Waals surface area (Å²) in [6.45, 7) is 0.0790. The molecular weight excluding hydrogens is 606 g/mol. The Morgan fingerprint density at radius 1 is 0.756 bits per heavy atom. The van der Waals surface area contributed by atoms with Crippen molar-refractivity contribution in [1.82, 2.24) is 4.90 Å². The van der Waals surface area contributed by atoms with Gasteiger partial charge in [-0.2, -0.15) is 0 Å². The van der Waals surface area contributed by atoms with Crippen LogP contribution in [0, 0.1) is 0 Å². The summed E-state index contributed by atoms with van der Waals surface area (Å²) >= 11 is 6.38. The zero-order chi connectivity index (χ0) is 32.1. The van der Waals surface area contributed by atoms with Gasteiger partial charge in [-0.1, -0.05) is 78.3 Å². The number of aryl methyl sites for hydroxylation is 1. The van der Waals surface area contributed by atoms with Crippen LogP contribution in [0.4, 0.5) is 14.4 Å². The topological polar surface area (TPSA) is 160 Å². The quantitative estimate of drug-likeness (QED) is 0.129. The van der Waals surface area contributed by atoms with Gasteiger partial charge in [0.25, 0.3) is 5.91 Å². The number of fused-ring (bicyclic) bond motifs is 1. The standard InChI is InChI=1S/C33H26ClNO10/c34-25-10-4-3-8-22(25)21-14-12-19(13-15-21)18-35(26-11-5-7-20-6-1-2-9-23(20)26)30(36)24-16-28(44-32(39)40)29(45-33(41)42)17-27(24)43-31(37)38/h1-4,6,8-10,12-17,26H,5,7,11,18H2,(H,37,38)(H,39,40)(H,41,42)/t26-/m0/s1. The van der Waals surface area contributed by atoms with Crippen molar-refractivity contribution in [3.8, 4) is 28.4 Å². The lowest BCUT2D eigenvalue weighted by Gasteiger charge is -2.36. The first-order valence-corrected chi connectivity index (χ1v) is 14.1. The predicted molar refractivity (Wildman–Crippen MR) is 161 cm³/mol. The van der Waals surface area contributed by atoms with Gasteiger partial charge < -0.3 is 34.4 Å². The number of amides is 1. The summed E-state index contributed by atoms with van der Waals surface area (Å²) in [6.07, 6.45) is -3.25. The van der Waals surface area contributed by atoms with Crippen molar-refractivity contribution in [2.24, 2.45) is 0 Å². The van der Waals surface area contributed by atoms with Crippen LogP contribution in [0.5, 0.6) is 17.2 Å². The second kappa shape index (κ2) is 13.4. The van der Waals surface area contributed by atoms with Crippen molar-refractivity contribution in [3.63, 3.8) is 0 Å². The van der Waals surface area contributed by atoms with Crippen LogP contribution in [-0.4, -0.2) is 44.6 Å². The molecule has 0 aliphatic heterocycles. The van der Waals surface area contributed by atoms with Crippen molar-refractivity contribution in [2.75, 3.05) is 0 Å². The van der Waals surface area contributed by atoms with E-state index in [0.29, 0.717) is 11.4 Å². The third-order valence-electron chi connectivity index (χ3n) is 7.33. The molecule has 1 aliphatic rings. The Kier molecular flexibility index (Phi) is 9.20. The van der Waals surface area contributed by atoms with Gasteiger partial charge in [0.1, 0.15) is 0 Å². The van der Waals surface area contributed by atoms with E-state index < -0.39 is 47.7 Å². The summed E-state index contributed by atoms with van der Waals surface area (Å²) in [5.41, 5.74) is 4.05. The molecule has 0 saturated carbocycles. The maximum absolute atomic E-state index is 14.4. The molecule has 3 N–H and O–H groups in total. The number of carbonyl (C=O) groups is 4. The van der Waals surface area contributed by atoms with Crippen LogP contribution in [-0.2, 0) is 13.0 Å². The van der Waals surface area contributed by atoms with Crippen LogP contribution < -0.4 is 14.2 Å². The third-order valence-corrected chi connectivity index (χ3v) is 7.66. The monoisotopic (exact) mass is 631 g/mol. The molecule has 0 heterocycles. The number of carboxylic acid groups (broad SMARTS) is 3. The van der Waals surface area contributed by atoms with E-state index in [1.165, 1.54) is 0 Å². The number of nitrogens with zero attached hydrogens (tertiary/aromatic N) is 1. The summed E-state index contributed by atoms with van der Waals surface area (Å²) in [6, 6.07) is 23.8. The highest BCUT2D eigenvalue weighted by molar-refractivity contribution is 6.33. The SMILES string of the molecule is O=C(O)Oc1cc(OC(=O)O)c(C(=O)N(Cc2ccc(-c3ccccc3Cl)cc2)[C@H]2CCCc3ccccc32)cc1OC(=O)O. The summed E-state index contributed by atoms with van der Waals surface area (Å²) in [5, 5.41) is 28.4. The molecule has 45 heavy (non-hydrogen) atoms. The fraction of sp³-hybridized carbons (Fsp3) is 0.152. The summed E-state index contributed by atoms with van der Waals surface area (Å²) < 4.78 is 14.2. The van der Waals surface area contributed by atoms with Gasteiger partial charge in [-0.3, -0.25) is 4.79 Å². The molecule has 0 radical (unpaired) electrons. The highest BCUT2D eigenvalue weighted by atomic mass is 35.5. The zero-order valence-electron chi connectivity index (χ0n) is 23.5. The Morgan fingerprint density at radius 2 is 1.36 bits per heavy atom. The highest BCUT2D eigenvalue weighted by Gasteiger charge is 2.33. The molecule has 5 rings (SSSR count). The Morgan fingerprint density at radius 3 is 2.02 bits per heavy atom. The Labute approximate surface area is 261 Å². The Bertz CT molecular complexity index is 1770. The van der Waals surface area contributed by atoms with Crippen LogP contribution in [0.15, 0.2) is 84.9 Å². The highest BCUT2D eigenvalue weighted by Crippen LogP contribution is 2.40. The minimum Gasteiger partial charge on any atom is -0.449 e. The van der Waals surface area contributed by atoms with Crippen molar-refractivity contribution in [1.29, 1.82) is 0 Å². The van der Waals surface area contributed by atoms with Gasteiger partial charge in [0.15, 0.2) is 17.2 Å². The average molecular weight is 632 g/mol. The molecule has 0 saturated heterocycles. The lowest BCUT2D eigenvalue weighted by molar-refractivity contribution is 0.0633. The van der Waals surface area contributed by atoms with Gasteiger partial charge in [0.2, 0.25) is 0 Å². The summed E-state index contributed by atoms with van der Waals surface area (Å²) in [4.78, 5) is 50.3. The lowest BCUT2D eigenvalue weighted by Crippen LogP contribution is -2.36. The van der Waals surface area contributed by atoms with Crippen LogP contribution in [0.1, 0.15) is 45.9 Å². The number of carbonyl (C=O) groups excluding carboxylic acids is 1. The van der Waals surface area contributed by atoms with Gasteiger partial charge in [-0.05, 0) is 47.6 Å². The van der Waals surface area contributed by atoms with E-state index in [9.17, 15) is 29.4 Å². The van der Waals surface area contributed by atoms with Crippen molar-refractivity contribution in [3.05, 3.63) is 112 Å². The van der Waals surface area contributed by atoms with Crippen LogP contribution in [0.25, 0.3) is 11.1 Å². The first-order valence-electron chi connectivity index (χ1n) is 13.7. The van der Waals surface area contributed by atoms with Crippen molar-refractivity contribution in [2.45, 2.75) is 31.8 Å². The van der Waals surface area contributed by atoms with Crippen LogP contribution in [0.2, 0.25) is 5.02 Å². The van der Waals surface area contributed by atoms with Crippen molar-refractivity contribution < 1.29 is 48.7 Å². The van der Waals surface area contributed by atoms with E-state index in [0.717, 1.165) is 52.8 Å². The molecule has 1 aliphatic carbocycles. The number of hydrogen-bond donors (Lipinski definition) is 3. The summed E-state index contributed by atoms with van der Waals surface area (Å²) in [5.74, 6) is -2.59. The Balaban J connectivity index is 1.60. The molecule has 4 aromatic carbocycles. The first kappa shape index (κ1) is 30.9. The molecule has 1 atom stereocenters. The first-order chi connectivity index (χ1) is 21.6. The molecule has 4 aromatic rings. The summed E-state index contributed by atoms with van der Waals surface area (Å²) in [7, 11) is 0. The molecule has 0 unspecified atom stereocenters. The van der Waals surface area contributed by atoms with Crippen LogP contribution >= 0.6 is 11.6 Å². The van der Waals surface area contributed by atoms with Crippen LogP contribution in [0.3, 0.4) is 0 Å². The van der Waals surface area contributed by atoms with E-state index in [1.54, 1.807) is 11.0 Å². The second-order valence-electron chi connectivity index (χ2n) is 10.1. The number of rotatable bonds is 8. The van der Waals surface area contributed by atoms with Crippen molar-refractivity contribution >= 4 is 36.0 Å². The third kappa shape index (κ3) is 7.16. The van der Waals surface area contributed by atoms with Gasteiger partial charge in [-0.15, -0.1) is 0 Å². The van der Waals surface area contributed by atoms with Gasteiger partial charge in [0.05, 0.1) is 11.6 Å². The number of halogens is 1. The Hall–Kier alpha value is -5.55. The fourth-order valence-electron chi connectivity index (χ4n) is 5.45. The van der Waals surface area contributed by atoms with E-state index in [2.05, 4.69) is 4.74 Å². The lowest BCUT2D eigenvalue weighted by atomic mass is 9.86. The number of hydrogen-bond acceptors (Lipinski definition) is 7. The van der Waals surface area contributed by atoms with Gasteiger partial charge in [-0.25, -0.2) is 14.4 Å². The molecule has 0 bridgehead atoms. The largest absolute Gasteiger partial charge is 0.511 e. The normalized spacial score (nSPS) is 13.7. The molecule has 0 fully saturated rings. The molecule has 0 aromatic heterocycles. The molecule has 230 valence electrons. The molecular formula is C33H26ClNO10. The minimum atomic E-state index is -1.83. The van der Waals surface area contributed by atoms with E-state index in [-0.39, 0.29) is 12.1 Å². The molecule has 0 spiro atoms. The van der Waals surface area contributed by atoms with E-state index in [1.807, 2.05) is 66.7 Å². The minimum absolute atomic E-state index is 0.0790. The maximum atomic E-state index is 14.4. The zero-order valence-corrected chi connectivity index (χ0v) is 24.3. The predicted octanol–water partition coefficient (Wildman–Crippen LogP) is 7.90. The average Bonchev–Trinajstić information content (AvgIpc) is 3.00. The number of benzene rings is 4. The van der Waals surface area contributed by atoms with E-state index in [4.69, 9.17) is 26.2 Å². The molecule has 11 nitrogen and oxygen atoms in total. The maximum Gasteiger partial charge on any atom is 0.511 e. The van der Waals surface area contributed by atoms with E-state index >= 15 is 0 Å². The van der Waals surface area contributed by atoms with Gasteiger partial charge in [0, 0.05) is 29.3 Å². The van der Waals surface area contributed by atoms with Gasteiger partial charge >= 0.3 is 18.5 Å². The smallest absolute Gasteiger partial charge is 0.449 e. The molecule has 12 heteroatoms. The molecule has 1 amide bonds. The second-order valence-corrected chi connectivity index (χ2v) is 10.5. The number of ether oxygens (including phenoxy) is 3. The fourth-order valence-corrected chi connectivity index (χ4v) is 5.69.